The van der Waals surface area contributed by atoms with Crippen LogP contribution in [-0.2, 0) is 14.8 Å². The van der Waals surface area contributed by atoms with Crippen molar-refractivity contribution >= 4 is 15.9 Å². The van der Waals surface area contributed by atoms with Gasteiger partial charge in [0.05, 0.1) is 12.3 Å². The van der Waals surface area contributed by atoms with Gasteiger partial charge in [0.2, 0.25) is 15.9 Å². The topological polar surface area (TPSA) is 101 Å². The first kappa shape index (κ1) is 14.3. The first-order valence-corrected chi connectivity index (χ1v) is 6.30. The zero-order valence-electron chi connectivity index (χ0n) is 9.33. The molecule has 0 rings (SSSR count). The summed E-state index contributed by atoms with van der Waals surface area (Å²) in [6.45, 7) is 5.24. The molecule has 7 heteroatoms. The van der Waals surface area contributed by atoms with E-state index in [1.807, 2.05) is 20.8 Å². The van der Waals surface area contributed by atoms with Crippen molar-refractivity contribution in [2.75, 3.05) is 18.8 Å². The van der Waals surface area contributed by atoms with Crippen molar-refractivity contribution in [1.29, 1.82) is 0 Å². The smallest absolute Gasteiger partial charge is 0.235 e. The summed E-state index contributed by atoms with van der Waals surface area (Å²) in [5, 5.41) is 2.64. The predicted molar refractivity (Wildman–Crippen MR) is 58.7 cm³/mol. The third-order valence-electron chi connectivity index (χ3n) is 1.35. The minimum Gasteiger partial charge on any atom is -0.350 e. The average molecular weight is 237 g/mol. The quantitative estimate of drug-likeness (QED) is 0.558. The molecule has 0 aliphatic rings. The molecule has 0 aliphatic heterocycles. The van der Waals surface area contributed by atoms with Crippen molar-refractivity contribution in [2.45, 2.75) is 26.3 Å². The second kappa shape index (κ2) is 5.43. The van der Waals surface area contributed by atoms with Crippen LogP contribution in [0.2, 0.25) is 0 Å². The Morgan fingerprint density at radius 2 is 1.87 bits per heavy atom. The lowest BCUT2D eigenvalue weighted by molar-refractivity contribution is -0.121. The Hall–Kier alpha value is -0.660. The summed E-state index contributed by atoms with van der Waals surface area (Å²) in [6.07, 6.45) is 0. The molecule has 90 valence electrons. The van der Waals surface area contributed by atoms with E-state index in [1.54, 1.807) is 0 Å². The summed E-state index contributed by atoms with van der Waals surface area (Å²) < 4.78 is 24.4. The van der Waals surface area contributed by atoms with Crippen LogP contribution in [0.4, 0.5) is 0 Å². The molecular formula is C8H19N3O3S. The van der Waals surface area contributed by atoms with Gasteiger partial charge in [-0.25, -0.2) is 13.1 Å². The van der Waals surface area contributed by atoms with Crippen LogP contribution in [0.15, 0.2) is 0 Å². The maximum atomic E-state index is 11.2. The number of hydrogen-bond acceptors (Lipinski definition) is 4. The van der Waals surface area contributed by atoms with Gasteiger partial charge in [-0.15, -0.1) is 0 Å². The number of carbonyl (C=O) groups is 1. The number of sulfonamides is 1. The van der Waals surface area contributed by atoms with Crippen LogP contribution >= 0.6 is 0 Å². The van der Waals surface area contributed by atoms with Gasteiger partial charge in [0, 0.05) is 12.1 Å². The highest BCUT2D eigenvalue weighted by Gasteiger charge is 2.16. The fraction of sp³-hybridized carbons (Fsp3) is 0.875. The van der Waals surface area contributed by atoms with Crippen molar-refractivity contribution in [3.63, 3.8) is 0 Å². The lowest BCUT2D eigenvalue weighted by Gasteiger charge is -2.20. The molecule has 0 fully saturated rings. The second-order valence-electron chi connectivity index (χ2n) is 4.23. The van der Waals surface area contributed by atoms with Gasteiger partial charge in [-0.1, -0.05) is 0 Å². The van der Waals surface area contributed by atoms with E-state index in [2.05, 4.69) is 10.0 Å². The van der Waals surface area contributed by atoms with Crippen molar-refractivity contribution in [3.8, 4) is 0 Å². The SMILES string of the molecule is CC(C)(C)NC(=O)CNS(=O)(=O)CCN. The van der Waals surface area contributed by atoms with E-state index in [-0.39, 0.29) is 30.3 Å². The van der Waals surface area contributed by atoms with E-state index >= 15 is 0 Å². The number of nitrogens with one attached hydrogen (secondary N) is 2. The molecule has 0 aliphatic carbocycles. The summed E-state index contributed by atoms with van der Waals surface area (Å²) in [7, 11) is -3.42. The van der Waals surface area contributed by atoms with Gasteiger partial charge in [-0.05, 0) is 20.8 Å². The van der Waals surface area contributed by atoms with E-state index < -0.39 is 10.0 Å². The van der Waals surface area contributed by atoms with Crippen LogP contribution in [0.1, 0.15) is 20.8 Å². The molecule has 6 nitrogen and oxygen atoms in total. The Morgan fingerprint density at radius 3 is 2.27 bits per heavy atom. The summed E-state index contributed by atoms with van der Waals surface area (Å²) >= 11 is 0. The Bertz CT molecular complexity index is 306. The molecule has 0 saturated heterocycles. The molecule has 0 saturated carbocycles. The number of carbonyl (C=O) groups excluding carboxylic acids is 1. The largest absolute Gasteiger partial charge is 0.350 e. The molecular weight excluding hydrogens is 218 g/mol. The third kappa shape index (κ3) is 8.34. The van der Waals surface area contributed by atoms with Gasteiger partial charge < -0.3 is 11.1 Å². The number of amides is 1. The monoisotopic (exact) mass is 237 g/mol. The molecule has 15 heavy (non-hydrogen) atoms. The van der Waals surface area contributed by atoms with Gasteiger partial charge >= 0.3 is 0 Å². The van der Waals surface area contributed by atoms with Crippen LogP contribution in [0, 0.1) is 0 Å². The molecule has 0 unspecified atom stereocenters. The van der Waals surface area contributed by atoms with Gasteiger partial charge in [-0.3, -0.25) is 4.79 Å². The lowest BCUT2D eigenvalue weighted by Crippen LogP contribution is -2.46. The molecule has 0 bridgehead atoms. The maximum Gasteiger partial charge on any atom is 0.235 e. The molecule has 0 aromatic rings. The highest BCUT2D eigenvalue weighted by atomic mass is 32.2. The normalized spacial score (nSPS) is 12.5. The minimum atomic E-state index is -3.42. The van der Waals surface area contributed by atoms with Gasteiger partial charge in [0.15, 0.2) is 0 Å². The van der Waals surface area contributed by atoms with Crippen molar-refractivity contribution in [3.05, 3.63) is 0 Å². The second-order valence-corrected chi connectivity index (χ2v) is 6.15. The van der Waals surface area contributed by atoms with Crippen molar-refractivity contribution in [1.82, 2.24) is 10.0 Å². The van der Waals surface area contributed by atoms with E-state index in [4.69, 9.17) is 5.73 Å². The summed E-state index contributed by atoms with van der Waals surface area (Å²) in [5.74, 6) is -0.529. The van der Waals surface area contributed by atoms with Crippen LogP contribution in [0.3, 0.4) is 0 Å². The number of rotatable bonds is 5. The minimum absolute atomic E-state index is 0.0379. The first-order valence-electron chi connectivity index (χ1n) is 4.65. The van der Waals surface area contributed by atoms with Crippen LogP contribution in [0.5, 0.6) is 0 Å². The maximum absolute atomic E-state index is 11.2. The summed E-state index contributed by atoms with van der Waals surface area (Å²) in [6, 6.07) is 0. The number of nitrogens with two attached hydrogens (primary N) is 1. The number of hydrogen-bond donors (Lipinski definition) is 3. The van der Waals surface area contributed by atoms with Gasteiger partial charge in [-0.2, -0.15) is 0 Å². The standard InChI is InChI=1S/C8H19N3O3S/c1-8(2,3)11-7(12)6-10-15(13,14)5-4-9/h10H,4-6,9H2,1-3H3,(H,11,12). The molecule has 0 radical (unpaired) electrons. The first-order chi connectivity index (χ1) is 6.66. The fourth-order valence-electron chi connectivity index (χ4n) is 0.865. The Balaban J connectivity index is 4.02. The van der Waals surface area contributed by atoms with Crippen LogP contribution < -0.4 is 15.8 Å². The molecule has 0 heterocycles. The molecule has 0 aromatic heterocycles. The van der Waals surface area contributed by atoms with E-state index in [1.165, 1.54) is 0 Å². The van der Waals surface area contributed by atoms with E-state index in [9.17, 15) is 13.2 Å². The van der Waals surface area contributed by atoms with Crippen LogP contribution in [-0.4, -0.2) is 38.7 Å². The van der Waals surface area contributed by atoms with Gasteiger partial charge in [0.25, 0.3) is 0 Å². The Kier molecular flexibility index (Phi) is 5.19. The molecule has 4 N–H and O–H groups in total. The van der Waals surface area contributed by atoms with Crippen molar-refractivity contribution < 1.29 is 13.2 Å². The van der Waals surface area contributed by atoms with Gasteiger partial charge in [0.1, 0.15) is 0 Å². The molecule has 0 atom stereocenters. The summed E-state index contributed by atoms with van der Waals surface area (Å²) in [5.41, 5.74) is 4.74. The zero-order chi connectivity index (χ0) is 12.1. The highest BCUT2D eigenvalue weighted by Crippen LogP contribution is 1.97. The zero-order valence-corrected chi connectivity index (χ0v) is 10.1. The Morgan fingerprint density at radius 1 is 1.33 bits per heavy atom. The lowest BCUT2D eigenvalue weighted by atomic mass is 10.1. The molecule has 0 aromatic carbocycles. The van der Waals surface area contributed by atoms with E-state index in [0.29, 0.717) is 0 Å². The molecule has 0 spiro atoms. The summed E-state index contributed by atoms with van der Waals surface area (Å²) in [4.78, 5) is 11.2. The third-order valence-corrected chi connectivity index (χ3v) is 2.71. The van der Waals surface area contributed by atoms with E-state index in [0.717, 1.165) is 0 Å². The Labute approximate surface area is 90.7 Å². The average Bonchev–Trinajstić information content (AvgIpc) is 1.98. The highest BCUT2D eigenvalue weighted by molar-refractivity contribution is 7.89. The fourth-order valence-corrected chi connectivity index (χ4v) is 1.67. The van der Waals surface area contributed by atoms with Crippen LogP contribution in [0.25, 0.3) is 0 Å². The predicted octanol–water partition coefficient (Wildman–Crippen LogP) is -1.22. The van der Waals surface area contributed by atoms with Crippen molar-refractivity contribution in [2.24, 2.45) is 5.73 Å². The molecule has 1 amide bonds.